The summed E-state index contributed by atoms with van der Waals surface area (Å²) in [5, 5.41) is 8.88. The zero-order chi connectivity index (χ0) is 15.9. The van der Waals surface area contributed by atoms with Crippen LogP contribution in [0.15, 0.2) is 36.7 Å². The Morgan fingerprint density at radius 1 is 1.36 bits per heavy atom. The first-order valence-electron chi connectivity index (χ1n) is 6.71. The van der Waals surface area contributed by atoms with E-state index < -0.39 is 5.97 Å². The Morgan fingerprint density at radius 3 is 2.82 bits per heavy atom. The molecule has 2 rings (SSSR count). The van der Waals surface area contributed by atoms with Crippen LogP contribution in [0.1, 0.15) is 22.8 Å². The highest BCUT2D eigenvalue weighted by Crippen LogP contribution is 2.24. The van der Waals surface area contributed by atoms with Crippen molar-refractivity contribution in [3.8, 4) is 17.5 Å². The maximum Gasteiger partial charge on any atom is 0.341 e. The van der Waals surface area contributed by atoms with Crippen LogP contribution in [0, 0.1) is 11.3 Å². The highest BCUT2D eigenvalue weighted by Gasteiger charge is 2.15. The maximum atomic E-state index is 11.9. The fraction of sp³-hybridized carbons (Fsp3) is 0.250. The normalized spacial score (nSPS) is 10.0. The average Bonchev–Trinajstić information content (AvgIpc) is 3.02. The van der Waals surface area contributed by atoms with E-state index in [9.17, 15) is 4.79 Å². The summed E-state index contributed by atoms with van der Waals surface area (Å²) in [4.78, 5) is 11.9. The summed E-state index contributed by atoms with van der Waals surface area (Å²) in [6, 6.07) is 8.86. The average molecular weight is 300 g/mol. The number of esters is 1. The Bertz CT molecular complexity index is 700. The van der Waals surface area contributed by atoms with Gasteiger partial charge in [-0.2, -0.15) is 5.26 Å². The van der Waals surface area contributed by atoms with Crippen molar-refractivity contribution in [2.45, 2.75) is 6.92 Å². The molecule has 0 fully saturated rings. The van der Waals surface area contributed by atoms with Crippen molar-refractivity contribution in [2.75, 3.05) is 20.5 Å². The second-order valence-corrected chi connectivity index (χ2v) is 4.37. The van der Waals surface area contributed by atoms with Gasteiger partial charge in [0, 0.05) is 31.3 Å². The smallest absolute Gasteiger partial charge is 0.341 e. The second-order valence-electron chi connectivity index (χ2n) is 4.37. The number of hydrogen-bond acceptors (Lipinski definition) is 5. The molecule has 1 aromatic carbocycles. The number of aromatic nitrogens is 1. The molecule has 114 valence electrons. The van der Waals surface area contributed by atoms with Crippen LogP contribution >= 0.6 is 0 Å². The summed E-state index contributed by atoms with van der Waals surface area (Å²) in [7, 11) is 1.50. The van der Waals surface area contributed by atoms with E-state index in [1.165, 1.54) is 7.11 Å². The van der Waals surface area contributed by atoms with Crippen LogP contribution in [0.4, 0.5) is 0 Å². The van der Waals surface area contributed by atoms with Crippen LogP contribution in [-0.4, -0.2) is 31.0 Å². The SMILES string of the molecule is CCOC(=O)c1ccc(-n2ccc(C#N)c2)cc1OCOC. The van der Waals surface area contributed by atoms with Gasteiger partial charge in [0.2, 0.25) is 0 Å². The van der Waals surface area contributed by atoms with E-state index >= 15 is 0 Å². The molecule has 22 heavy (non-hydrogen) atoms. The number of nitriles is 1. The lowest BCUT2D eigenvalue weighted by Crippen LogP contribution is -2.09. The molecule has 2 aromatic rings. The predicted octanol–water partition coefficient (Wildman–Crippen LogP) is 2.51. The van der Waals surface area contributed by atoms with Gasteiger partial charge in [0.25, 0.3) is 0 Å². The molecule has 6 heteroatoms. The lowest BCUT2D eigenvalue weighted by atomic mass is 10.2. The van der Waals surface area contributed by atoms with E-state index in [0.29, 0.717) is 16.9 Å². The van der Waals surface area contributed by atoms with Crippen molar-refractivity contribution in [3.05, 3.63) is 47.8 Å². The molecule has 0 bridgehead atoms. The minimum atomic E-state index is -0.453. The van der Waals surface area contributed by atoms with E-state index in [0.717, 1.165) is 5.69 Å². The molecule has 0 unspecified atom stereocenters. The third kappa shape index (κ3) is 3.45. The largest absolute Gasteiger partial charge is 0.467 e. The highest BCUT2D eigenvalue weighted by molar-refractivity contribution is 5.92. The monoisotopic (exact) mass is 300 g/mol. The van der Waals surface area contributed by atoms with Gasteiger partial charge < -0.3 is 18.8 Å². The first-order chi connectivity index (χ1) is 10.7. The van der Waals surface area contributed by atoms with Gasteiger partial charge in [-0.1, -0.05) is 0 Å². The molecule has 0 aliphatic heterocycles. The van der Waals surface area contributed by atoms with Crippen LogP contribution in [0.25, 0.3) is 5.69 Å². The van der Waals surface area contributed by atoms with Crippen molar-refractivity contribution in [1.82, 2.24) is 4.57 Å². The van der Waals surface area contributed by atoms with Crippen LogP contribution in [0.3, 0.4) is 0 Å². The zero-order valence-electron chi connectivity index (χ0n) is 12.4. The standard InChI is InChI=1S/C16H16N2O4/c1-3-21-16(19)14-5-4-13(8-15(14)22-11-20-2)18-7-6-12(9-17)10-18/h4-8,10H,3,11H2,1-2H3. The third-order valence-corrected chi connectivity index (χ3v) is 2.91. The number of benzene rings is 1. The summed E-state index contributed by atoms with van der Waals surface area (Å²) in [6.07, 6.45) is 3.46. The van der Waals surface area contributed by atoms with Crippen molar-refractivity contribution in [2.24, 2.45) is 0 Å². The van der Waals surface area contributed by atoms with Gasteiger partial charge in [-0.15, -0.1) is 0 Å². The fourth-order valence-corrected chi connectivity index (χ4v) is 1.91. The number of hydrogen-bond donors (Lipinski definition) is 0. The predicted molar refractivity (Wildman–Crippen MR) is 78.9 cm³/mol. The van der Waals surface area contributed by atoms with Gasteiger partial charge in [0.05, 0.1) is 12.2 Å². The lowest BCUT2D eigenvalue weighted by Gasteiger charge is -2.12. The van der Waals surface area contributed by atoms with Crippen molar-refractivity contribution in [1.29, 1.82) is 5.26 Å². The quantitative estimate of drug-likeness (QED) is 0.605. The number of nitrogens with zero attached hydrogens (tertiary/aromatic N) is 2. The van der Waals surface area contributed by atoms with Gasteiger partial charge in [-0.05, 0) is 25.1 Å². The molecule has 6 nitrogen and oxygen atoms in total. The first kappa shape index (κ1) is 15.6. The minimum absolute atomic E-state index is 0.0188. The molecule has 0 amide bonds. The summed E-state index contributed by atoms with van der Waals surface area (Å²) in [5.41, 5.74) is 1.64. The molecule has 0 atom stereocenters. The Labute approximate surface area is 128 Å². The van der Waals surface area contributed by atoms with Crippen molar-refractivity contribution >= 4 is 5.97 Å². The van der Waals surface area contributed by atoms with Gasteiger partial charge in [0.1, 0.15) is 17.4 Å². The molecule has 0 aliphatic rings. The van der Waals surface area contributed by atoms with E-state index in [1.807, 2.05) is 0 Å². The van der Waals surface area contributed by atoms with E-state index in [-0.39, 0.29) is 13.4 Å². The molecule has 0 spiro atoms. The topological polar surface area (TPSA) is 73.5 Å². The van der Waals surface area contributed by atoms with E-state index in [1.54, 1.807) is 48.1 Å². The molecule has 0 aliphatic carbocycles. The Kier molecular flexibility index (Phi) is 5.17. The Balaban J connectivity index is 2.37. The zero-order valence-corrected chi connectivity index (χ0v) is 12.4. The Morgan fingerprint density at radius 2 is 2.18 bits per heavy atom. The van der Waals surface area contributed by atoms with Gasteiger partial charge in [-0.3, -0.25) is 0 Å². The molecule has 0 saturated carbocycles. The van der Waals surface area contributed by atoms with Gasteiger partial charge in [0.15, 0.2) is 6.79 Å². The van der Waals surface area contributed by atoms with Crippen LogP contribution in [-0.2, 0) is 9.47 Å². The molecular weight excluding hydrogens is 284 g/mol. The first-order valence-corrected chi connectivity index (χ1v) is 6.71. The number of methoxy groups -OCH3 is 1. The number of carbonyl (C=O) groups is 1. The van der Waals surface area contributed by atoms with E-state index in [4.69, 9.17) is 19.5 Å². The van der Waals surface area contributed by atoms with Gasteiger partial charge >= 0.3 is 5.97 Å². The highest BCUT2D eigenvalue weighted by atomic mass is 16.7. The van der Waals surface area contributed by atoms with Crippen LogP contribution in [0.2, 0.25) is 0 Å². The molecule has 0 N–H and O–H groups in total. The molecule has 0 saturated heterocycles. The summed E-state index contributed by atoms with van der Waals surface area (Å²) in [5.74, 6) is -0.0876. The molecule has 1 heterocycles. The summed E-state index contributed by atoms with van der Waals surface area (Å²) < 4.78 is 17.1. The lowest BCUT2D eigenvalue weighted by molar-refractivity contribution is 0.0438. The molecular formula is C16H16N2O4. The van der Waals surface area contributed by atoms with Crippen LogP contribution in [0.5, 0.6) is 5.75 Å². The van der Waals surface area contributed by atoms with E-state index in [2.05, 4.69) is 6.07 Å². The van der Waals surface area contributed by atoms with Gasteiger partial charge in [-0.25, -0.2) is 4.79 Å². The fourth-order valence-electron chi connectivity index (χ4n) is 1.91. The number of carbonyl (C=O) groups excluding carboxylic acids is 1. The summed E-state index contributed by atoms with van der Waals surface area (Å²) >= 11 is 0. The maximum absolute atomic E-state index is 11.9. The number of rotatable bonds is 6. The van der Waals surface area contributed by atoms with Crippen LogP contribution < -0.4 is 4.74 Å². The second kappa shape index (κ2) is 7.29. The number of ether oxygens (including phenoxy) is 3. The van der Waals surface area contributed by atoms with Crippen molar-refractivity contribution < 1.29 is 19.0 Å². The summed E-state index contributed by atoms with van der Waals surface area (Å²) in [6.45, 7) is 2.05. The Hall–Kier alpha value is -2.78. The van der Waals surface area contributed by atoms with Crippen molar-refractivity contribution in [3.63, 3.8) is 0 Å². The minimum Gasteiger partial charge on any atom is -0.467 e. The molecule has 0 radical (unpaired) electrons. The molecule has 1 aromatic heterocycles. The third-order valence-electron chi connectivity index (χ3n) is 2.91.